The Balaban J connectivity index is 0.000000686. The average molecular weight is 545 g/mol. The molecule has 3 heterocycles. The Hall–Kier alpha value is -3.30. The molecule has 2 N–H and O–H groups in total. The van der Waals surface area contributed by atoms with Gasteiger partial charge in [-0.05, 0) is 88.3 Å². The van der Waals surface area contributed by atoms with Gasteiger partial charge in [0.1, 0.15) is 11.9 Å². The van der Waals surface area contributed by atoms with Crippen molar-refractivity contribution in [3.8, 4) is 16.9 Å². The number of methoxy groups -OCH3 is 1. The Morgan fingerprint density at radius 3 is 2.49 bits per heavy atom. The molecule has 9 heteroatoms. The molecule has 1 aliphatic rings. The van der Waals surface area contributed by atoms with Crippen molar-refractivity contribution in [1.29, 1.82) is 0 Å². The molecule has 0 aliphatic carbocycles. The molecule has 0 atom stereocenters. The van der Waals surface area contributed by atoms with Gasteiger partial charge < -0.3 is 29.0 Å². The number of hydrogen-bond donors (Lipinski definition) is 2. The molecule has 8 nitrogen and oxygen atoms in total. The third-order valence-electron chi connectivity index (χ3n) is 6.35. The smallest absolute Gasteiger partial charge is 0.310 e. The zero-order valence-electron chi connectivity index (χ0n) is 24.3. The van der Waals surface area contributed by atoms with E-state index < -0.39 is 11.4 Å². The first-order valence-corrected chi connectivity index (χ1v) is 13.0. The summed E-state index contributed by atoms with van der Waals surface area (Å²) in [6.07, 6.45) is 3.48. The molecular formula is C30H41FN2O6. The maximum atomic E-state index is 15.1. The summed E-state index contributed by atoms with van der Waals surface area (Å²) in [5.41, 5.74) is 5.93. The zero-order chi connectivity index (χ0) is 29.5. The number of aliphatic hydroxyl groups is 2. The number of ether oxygens (including phenoxy) is 2. The van der Waals surface area contributed by atoms with Crippen LogP contribution in [-0.2, 0) is 40.6 Å². The molecule has 39 heavy (non-hydrogen) atoms. The van der Waals surface area contributed by atoms with Gasteiger partial charge in [0.25, 0.3) is 0 Å². The van der Waals surface area contributed by atoms with Crippen LogP contribution in [0.5, 0.6) is 5.75 Å². The van der Waals surface area contributed by atoms with E-state index in [0.717, 1.165) is 70.8 Å². The number of esters is 1. The molecule has 0 radical (unpaired) electrons. The van der Waals surface area contributed by atoms with Gasteiger partial charge in [-0.15, -0.1) is 0 Å². The third kappa shape index (κ3) is 7.64. The molecule has 0 saturated carbocycles. The second-order valence-corrected chi connectivity index (χ2v) is 10.4. The van der Waals surface area contributed by atoms with Crippen molar-refractivity contribution in [2.75, 3.05) is 20.8 Å². The number of nitrogens with zero attached hydrogens (tertiary/aromatic N) is 2. The van der Waals surface area contributed by atoms with Gasteiger partial charge in [-0.3, -0.25) is 4.79 Å². The molecule has 2 aromatic heterocycles. The molecule has 0 bridgehead atoms. The molecule has 3 aromatic rings. The predicted molar refractivity (Wildman–Crippen MR) is 150 cm³/mol. The van der Waals surface area contributed by atoms with Crippen LogP contribution in [0.2, 0.25) is 0 Å². The number of aryl methyl sites for hydroxylation is 3. The van der Waals surface area contributed by atoms with E-state index in [1.165, 1.54) is 13.2 Å². The van der Waals surface area contributed by atoms with Crippen LogP contribution in [0.4, 0.5) is 4.39 Å². The number of aromatic nitrogens is 2. The lowest BCUT2D eigenvalue weighted by atomic mass is 9.87. The van der Waals surface area contributed by atoms with E-state index in [9.17, 15) is 9.59 Å². The number of hydrogen-bond acceptors (Lipinski definition) is 7. The minimum absolute atomic E-state index is 0.0355. The van der Waals surface area contributed by atoms with E-state index in [1.807, 2.05) is 31.5 Å². The summed E-state index contributed by atoms with van der Waals surface area (Å²) in [6, 6.07) is 3.50. The zero-order valence-corrected chi connectivity index (χ0v) is 24.3. The number of carbonyl (C=O) groups is 2. The van der Waals surface area contributed by atoms with Crippen molar-refractivity contribution in [3.05, 3.63) is 46.0 Å². The maximum absolute atomic E-state index is 15.1. The van der Waals surface area contributed by atoms with Crippen LogP contribution < -0.4 is 4.74 Å². The van der Waals surface area contributed by atoms with Gasteiger partial charge in [0.2, 0.25) is 0 Å². The normalized spacial score (nSPS) is 12.4. The number of benzene rings is 1. The van der Waals surface area contributed by atoms with Gasteiger partial charge in [-0.1, -0.05) is 0 Å². The van der Waals surface area contributed by atoms with Gasteiger partial charge in [-0.2, -0.15) is 0 Å². The first kappa shape index (κ1) is 31.9. The SMILES string of the molecule is CC(C)(C)O.CO.COC(=O)Cc1c(C)nc2c(cc(CCC=O)n2C)c1-c1cc(F)c2c(c1C)CCCO2. The number of aldehydes is 1. The number of rotatable bonds is 6. The van der Waals surface area contributed by atoms with Crippen LogP contribution in [0, 0.1) is 19.7 Å². The highest BCUT2D eigenvalue weighted by molar-refractivity contribution is 5.99. The summed E-state index contributed by atoms with van der Waals surface area (Å²) in [4.78, 5) is 28.0. The summed E-state index contributed by atoms with van der Waals surface area (Å²) in [5, 5.41) is 16.4. The lowest BCUT2D eigenvalue weighted by Crippen LogP contribution is -2.13. The summed E-state index contributed by atoms with van der Waals surface area (Å²) < 4.78 is 27.6. The van der Waals surface area contributed by atoms with Crippen LogP contribution in [0.1, 0.15) is 61.7 Å². The Kier molecular flexibility index (Phi) is 11.2. The fourth-order valence-electron chi connectivity index (χ4n) is 4.64. The standard InChI is InChI=1S/C25H27FN2O4.C4H10O.CH4O/c1-14-17-8-6-10-32-24(17)21(26)12-18(14)23-19(13-22(30)31-4)15(2)27-25-20(23)11-16(28(25)3)7-5-9-29;1-4(2,3)5;1-2/h9,11-12H,5-8,10,13H2,1-4H3;5H,1-3H3;2H,1H3. The number of halogens is 1. The Morgan fingerprint density at radius 1 is 1.26 bits per heavy atom. The van der Waals surface area contributed by atoms with E-state index in [-0.39, 0.29) is 12.4 Å². The number of aliphatic hydroxyl groups excluding tert-OH is 1. The van der Waals surface area contributed by atoms with Crippen molar-refractivity contribution in [3.63, 3.8) is 0 Å². The number of pyridine rings is 1. The Morgan fingerprint density at radius 2 is 1.90 bits per heavy atom. The van der Waals surface area contributed by atoms with Gasteiger partial charge >= 0.3 is 5.97 Å². The minimum atomic E-state index is -0.500. The Labute approximate surface area is 229 Å². The van der Waals surface area contributed by atoms with E-state index in [0.29, 0.717) is 30.9 Å². The van der Waals surface area contributed by atoms with Crippen LogP contribution >= 0.6 is 0 Å². The van der Waals surface area contributed by atoms with Crippen LogP contribution in [0.15, 0.2) is 12.1 Å². The number of fused-ring (bicyclic) bond motifs is 2. The predicted octanol–water partition coefficient (Wildman–Crippen LogP) is 4.55. The van der Waals surface area contributed by atoms with Gasteiger partial charge in [0.15, 0.2) is 11.6 Å². The molecule has 1 aromatic carbocycles. The van der Waals surface area contributed by atoms with Crippen LogP contribution in [-0.4, -0.2) is 58.4 Å². The van der Waals surface area contributed by atoms with E-state index in [4.69, 9.17) is 24.7 Å². The van der Waals surface area contributed by atoms with Crippen molar-refractivity contribution in [2.45, 2.75) is 72.3 Å². The van der Waals surface area contributed by atoms with Crippen molar-refractivity contribution in [2.24, 2.45) is 7.05 Å². The summed E-state index contributed by atoms with van der Waals surface area (Å²) in [6.45, 7) is 9.56. The van der Waals surface area contributed by atoms with Crippen molar-refractivity contribution < 1.29 is 33.7 Å². The lowest BCUT2D eigenvalue weighted by molar-refractivity contribution is -0.139. The van der Waals surface area contributed by atoms with E-state index in [1.54, 1.807) is 20.8 Å². The van der Waals surface area contributed by atoms with Gasteiger partial charge in [0, 0.05) is 42.9 Å². The first-order valence-electron chi connectivity index (χ1n) is 13.0. The van der Waals surface area contributed by atoms with Crippen LogP contribution in [0.3, 0.4) is 0 Å². The summed E-state index contributed by atoms with van der Waals surface area (Å²) in [5.74, 6) is -0.454. The van der Waals surface area contributed by atoms with Gasteiger partial charge in [0.05, 0.1) is 25.7 Å². The topological polar surface area (TPSA) is 111 Å². The second kappa shape index (κ2) is 13.7. The highest BCUT2D eigenvalue weighted by Gasteiger charge is 2.26. The number of carbonyl (C=O) groups excluding carboxylic acids is 2. The first-order chi connectivity index (χ1) is 18.4. The van der Waals surface area contributed by atoms with E-state index in [2.05, 4.69) is 0 Å². The third-order valence-corrected chi connectivity index (χ3v) is 6.35. The van der Waals surface area contributed by atoms with Gasteiger partial charge in [-0.25, -0.2) is 9.37 Å². The summed E-state index contributed by atoms with van der Waals surface area (Å²) in [7, 11) is 4.26. The molecule has 0 spiro atoms. The molecule has 0 fully saturated rings. The Bertz CT molecular complexity index is 1320. The van der Waals surface area contributed by atoms with E-state index >= 15 is 4.39 Å². The molecule has 4 rings (SSSR count). The monoisotopic (exact) mass is 544 g/mol. The minimum Gasteiger partial charge on any atom is -0.490 e. The largest absolute Gasteiger partial charge is 0.490 e. The van der Waals surface area contributed by atoms with Crippen molar-refractivity contribution in [1.82, 2.24) is 9.55 Å². The molecule has 0 amide bonds. The molecule has 0 saturated heterocycles. The fraction of sp³-hybridized carbons (Fsp3) is 0.500. The maximum Gasteiger partial charge on any atom is 0.310 e. The fourth-order valence-corrected chi connectivity index (χ4v) is 4.64. The molecule has 1 aliphatic heterocycles. The lowest BCUT2D eigenvalue weighted by Gasteiger charge is -2.23. The summed E-state index contributed by atoms with van der Waals surface area (Å²) >= 11 is 0. The molecular weight excluding hydrogens is 503 g/mol. The highest BCUT2D eigenvalue weighted by atomic mass is 19.1. The highest BCUT2D eigenvalue weighted by Crippen LogP contribution is 2.42. The van der Waals surface area contributed by atoms with Crippen LogP contribution in [0.25, 0.3) is 22.2 Å². The molecule has 214 valence electrons. The average Bonchev–Trinajstić information content (AvgIpc) is 3.20. The second-order valence-electron chi connectivity index (χ2n) is 10.4. The molecule has 0 unspecified atom stereocenters. The quantitative estimate of drug-likeness (QED) is 0.346. The van der Waals surface area contributed by atoms with Crippen molar-refractivity contribution >= 4 is 23.3 Å².